The first-order chi connectivity index (χ1) is 11.3. The lowest BCUT2D eigenvalue weighted by molar-refractivity contribution is -0.125. The molecular formula is C16H20Cl2N2O3S. The SMILES string of the molecule is C=CCNC(=O)C1CCCN(S(=O)(=O)Cc2ccc(Cl)c(Cl)c2)C1. The minimum absolute atomic E-state index is 0.135. The Morgan fingerprint density at radius 2 is 2.12 bits per heavy atom. The van der Waals surface area contributed by atoms with Crippen LogP contribution in [0.25, 0.3) is 0 Å². The Hall–Kier alpha value is -1.08. The van der Waals surface area contributed by atoms with Crippen LogP contribution in [0.2, 0.25) is 10.0 Å². The second kappa shape index (κ2) is 8.34. The van der Waals surface area contributed by atoms with Gasteiger partial charge < -0.3 is 5.32 Å². The number of benzene rings is 1. The summed E-state index contributed by atoms with van der Waals surface area (Å²) in [5.41, 5.74) is 0.572. The fourth-order valence-corrected chi connectivity index (χ4v) is 4.58. The molecule has 1 aliphatic rings. The van der Waals surface area contributed by atoms with E-state index in [9.17, 15) is 13.2 Å². The first kappa shape index (κ1) is 19.2. The minimum Gasteiger partial charge on any atom is -0.352 e. The Bertz CT molecular complexity index is 722. The van der Waals surface area contributed by atoms with Crippen LogP contribution in [0.1, 0.15) is 18.4 Å². The summed E-state index contributed by atoms with van der Waals surface area (Å²) in [6, 6.07) is 4.78. The summed E-state index contributed by atoms with van der Waals surface area (Å²) in [5.74, 6) is -0.628. The van der Waals surface area contributed by atoms with Crippen molar-refractivity contribution in [3.63, 3.8) is 0 Å². The average molecular weight is 391 g/mol. The first-order valence-electron chi connectivity index (χ1n) is 7.64. The third kappa shape index (κ3) is 4.96. The molecule has 1 amide bonds. The molecule has 1 unspecified atom stereocenters. The van der Waals surface area contributed by atoms with E-state index < -0.39 is 10.0 Å². The number of halogens is 2. The Morgan fingerprint density at radius 3 is 2.79 bits per heavy atom. The highest BCUT2D eigenvalue weighted by Crippen LogP contribution is 2.26. The molecule has 1 aromatic rings. The predicted octanol–water partition coefficient (Wildman–Crippen LogP) is 2.84. The van der Waals surface area contributed by atoms with E-state index in [1.807, 2.05) is 0 Å². The normalized spacial score (nSPS) is 19.0. The summed E-state index contributed by atoms with van der Waals surface area (Å²) >= 11 is 11.8. The lowest BCUT2D eigenvalue weighted by Crippen LogP contribution is -2.45. The maximum Gasteiger partial charge on any atom is 0.224 e. The minimum atomic E-state index is -3.52. The van der Waals surface area contributed by atoms with Crippen LogP contribution in [0.4, 0.5) is 0 Å². The first-order valence-corrected chi connectivity index (χ1v) is 10.0. The number of rotatable bonds is 6. The summed E-state index contributed by atoms with van der Waals surface area (Å²) in [7, 11) is -3.52. The van der Waals surface area contributed by atoms with Crippen LogP contribution < -0.4 is 5.32 Å². The fraction of sp³-hybridized carbons (Fsp3) is 0.438. The van der Waals surface area contributed by atoms with Crippen LogP contribution in [-0.2, 0) is 20.6 Å². The second-order valence-electron chi connectivity index (χ2n) is 5.74. The number of sulfonamides is 1. The van der Waals surface area contributed by atoms with Crippen LogP contribution in [0.5, 0.6) is 0 Å². The van der Waals surface area contributed by atoms with Crippen molar-refractivity contribution in [3.8, 4) is 0 Å². The highest BCUT2D eigenvalue weighted by molar-refractivity contribution is 7.88. The third-order valence-corrected chi connectivity index (χ3v) is 6.46. The molecule has 1 atom stereocenters. The third-order valence-electron chi connectivity index (χ3n) is 3.90. The molecule has 1 fully saturated rings. The lowest BCUT2D eigenvalue weighted by Gasteiger charge is -2.31. The molecule has 0 spiro atoms. The Labute approximate surface area is 152 Å². The maximum atomic E-state index is 12.6. The van der Waals surface area contributed by atoms with Crippen molar-refractivity contribution in [1.29, 1.82) is 0 Å². The summed E-state index contributed by atoms with van der Waals surface area (Å²) in [6.45, 7) is 4.56. The summed E-state index contributed by atoms with van der Waals surface area (Å²) in [5, 5.41) is 3.43. The van der Waals surface area contributed by atoms with Crippen LogP contribution in [0.15, 0.2) is 30.9 Å². The quantitative estimate of drug-likeness (QED) is 0.759. The number of hydrogen-bond acceptors (Lipinski definition) is 3. The van der Waals surface area contributed by atoms with E-state index in [1.165, 1.54) is 4.31 Å². The number of hydrogen-bond donors (Lipinski definition) is 1. The van der Waals surface area contributed by atoms with E-state index in [1.54, 1.807) is 24.3 Å². The van der Waals surface area contributed by atoms with Gasteiger partial charge in [0.05, 0.1) is 21.7 Å². The van der Waals surface area contributed by atoms with Crippen molar-refractivity contribution in [2.75, 3.05) is 19.6 Å². The van der Waals surface area contributed by atoms with Crippen molar-refractivity contribution >= 4 is 39.1 Å². The zero-order chi connectivity index (χ0) is 17.7. The molecule has 132 valence electrons. The van der Waals surface area contributed by atoms with Gasteiger partial charge >= 0.3 is 0 Å². The van der Waals surface area contributed by atoms with Gasteiger partial charge in [0.2, 0.25) is 15.9 Å². The number of carbonyl (C=O) groups excluding carboxylic acids is 1. The Kier molecular flexibility index (Phi) is 6.69. The van der Waals surface area contributed by atoms with Crippen molar-refractivity contribution < 1.29 is 13.2 Å². The lowest BCUT2D eigenvalue weighted by atomic mass is 9.99. The largest absolute Gasteiger partial charge is 0.352 e. The van der Waals surface area contributed by atoms with Gasteiger partial charge in [-0.3, -0.25) is 4.79 Å². The van der Waals surface area contributed by atoms with Gasteiger partial charge in [-0.2, -0.15) is 0 Å². The van der Waals surface area contributed by atoms with Gasteiger partial charge in [-0.25, -0.2) is 12.7 Å². The molecule has 5 nitrogen and oxygen atoms in total. The number of carbonyl (C=O) groups is 1. The Morgan fingerprint density at radius 1 is 1.38 bits per heavy atom. The van der Waals surface area contributed by atoms with Crippen molar-refractivity contribution in [2.45, 2.75) is 18.6 Å². The highest BCUT2D eigenvalue weighted by atomic mass is 35.5. The van der Waals surface area contributed by atoms with E-state index in [0.29, 0.717) is 41.5 Å². The summed E-state index contributed by atoms with van der Waals surface area (Å²) in [4.78, 5) is 12.1. The van der Waals surface area contributed by atoms with Crippen molar-refractivity contribution in [2.24, 2.45) is 5.92 Å². The van der Waals surface area contributed by atoms with E-state index in [0.717, 1.165) is 0 Å². The number of nitrogens with one attached hydrogen (secondary N) is 1. The maximum absolute atomic E-state index is 12.6. The van der Waals surface area contributed by atoms with Gasteiger partial charge in [0.25, 0.3) is 0 Å². The number of piperidine rings is 1. The summed E-state index contributed by atoms with van der Waals surface area (Å²) < 4.78 is 26.7. The van der Waals surface area contributed by atoms with E-state index in [-0.39, 0.29) is 24.1 Å². The average Bonchev–Trinajstić information content (AvgIpc) is 2.56. The van der Waals surface area contributed by atoms with Gasteiger partial charge in [-0.15, -0.1) is 6.58 Å². The van der Waals surface area contributed by atoms with Gasteiger partial charge in [-0.1, -0.05) is 35.3 Å². The fourth-order valence-electron chi connectivity index (χ4n) is 2.66. The number of nitrogens with zero attached hydrogens (tertiary/aromatic N) is 1. The molecule has 24 heavy (non-hydrogen) atoms. The van der Waals surface area contributed by atoms with Gasteiger partial charge in [0, 0.05) is 19.6 Å². The highest BCUT2D eigenvalue weighted by Gasteiger charge is 2.32. The van der Waals surface area contributed by atoms with Crippen molar-refractivity contribution in [3.05, 3.63) is 46.5 Å². The molecule has 1 aromatic carbocycles. The van der Waals surface area contributed by atoms with Gasteiger partial charge in [-0.05, 0) is 30.5 Å². The molecule has 1 N–H and O–H groups in total. The van der Waals surface area contributed by atoms with E-state index in [2.05, 4.69) is 11.9 Å². The topological polar surface area (TPSA) is 66.5 Å². The molecule has 1 aliphatic heterocycles. The standard InChI is InChI=1S/C16H20Cl2N2O3S/c1-2-7-19-16(21)13-4-3-8-20(10-13)24(22,23)11-12-5-6-14(17)15(18)9-12/h2,5-6,9,13H,1,3-4,7-8,10-11H2,(H,19,21). The molecule has 1 saturated heterocycles. The predicted molar refractivity (Wildman–Crippen MR) is 96.6 cm³/mol. The molecular weight excluding hydrogens is 371 g/mol. The van der Waals surface area contributed by atoms with E-state index in [4.69, 9.17) is 23.2 Å². The smallest absolute Gasteiger partial charge is 0.224 e. The molecule has 0 radical (unpaired) electrons. The van der Waals surface area contributed by atoms with E-state index >= 15 is 0 Å². The van der Waals surface area contributed by atoms with Crippen molar-refractivity contribution in [1.82, 2.24) is 9.62 Å². The zero-order valence-corrected chi connectivity index (χ0v) is 15.5. The molecule has 0 bridgehead atoms. The van der Waals surface area contributed by atoms with Crippen LogP contribution in [0.3, 0.4) is 0 Å². The van der Waals surface area contributed by atoms with Crippen LogP contribution in [-0.4, -0.2) is 38.3 Å². The van der Waals surface area contributed by atoms with Gasteiger partial charge in [0.15, 0.2) is 0 Å². The molecule has 0 saturated carbocycles. The van der Waals surface area contributed by atoms with Gasteiger partial charge in [0.1, 0.15) is 0 Å². The molecule has 2 rings (SSSR count). The second-order valence-corrected chi connectivity index (χ2v) is 8.52. The monoisotopic (exact) mass is 390 g/mol. The summed E-state index contributed by atoms with van der Waals surface area (Å²) in [6.07, 6.45) is 2.94. The molecule has 0 aliphatic carbocycles. The van der Waals surface area contributed by atoms with Crippen LogP contribution in [0, 0.1) is 5.92 Å². The molecule has 1 heterocycles. The zero-order valence-electron chi connectivity index (χ0n) is 13.2. The molecule has 0 aromatic heterocycles. The Balaban J connectivity index is 2.06. The molecule has 8 heteroatoms. The number of amides is 1. The van der Waals surface area contributed by atoms with Crippen LogP contribution >= 0.6 is 23.2 Å².